The molecule has 1 heterocycles. The van der Waals surface area contributed by atoms with Gasteiger partial charge in [0, 0.05) is 31.2 Å². The molecular weight excluding hydrogens is 835 g/mol. The monoisotopic (exact) mass is 885 g/mol. The van der Waals surface area contributed by atoms with Gasteiger partial charge in [-0.05, 0) is 67.0 Å². The Balaban J connectivity index is 1.40. The zero-order valence-electron chi connectivity index (χ0n) is 35.9. The van der Waals surface area contributed by atoms with Gasteiger partial charge in [-0.1, -0.05) is 62.4 Å². The van der Waals surface area contributed by atoms with Crippen LogP contribution in [0.2, 0.25) is 0 Å². The van der Waals surface area contributed by atoms with Gasteiger partial charge in [0.1, 0.15) is 35.8 Å². The molecule has 2 saturated carbocycles. The number of benzene rings is 3. The normalized spacial score (nSPS) is 32.4. The maximum absolute atomic E-state index is 15.5. The van der Waals surface area contributed by atoms with E-state index in [-0.39, 0.29) is 33.6 Å². The Morgan fingerprint density at radius 2 is 1.42 bits per heavy atom. The number of carbonyl (C=O) groups is 6. The van der Waals surface area contributed by atoms with Crippen molar-refractivity contribution in [2.75, 3.05) is 6.61 Å². The number of fused-ring (bicyclic) bond motifs is 5. The van der Waals surface area contributed by atoms with E-state index in [0.29, 0.717) is 0 Å². The van der Waals surface area contributed by atoms with E-state index in [2.05, 4.69) is 5.32 Å². The summed E-state index contributed by atoms with van der Waals surface area (Å²) in [4.78, 5) is 83.6. The van der Waals surface area contributed by atoms with Crippen LogP contribution in [0.15, 0.2) is 96.1 Å². The first-order valence-corrected chi connectivity index (χ1v) is 20.7. The summed E-state index contributed by atoms with van der Waals surface area (Å²) in [5.74, 6) is -7.83. The number of hydrogen-bond acceptors (Lipinski definition) is 16. The van der Waals surface area contributed by atoms with Crippen molar-refractivity contribution in [3.63, 3.8) is 0 Å². The van der Waals surface area contributed by atoms with Gasteiger partial charge < -0.3 is 54.5 Å². The molecule has 0 radical (unpaired) electrons. The van der Waals surface area contributed by atoms with E-state index in [1.165, 1.54) is 76.2 Å². The lowest BCUT2D eigenvalue weighted by Crippen LogP contribution is -2.85. The molecule has 0 spiro atoms. The van der Waals surface area contributed by atoms with Gasteiger partial charge in [-0.2, -0.15) is 0 Å². The van der Waals surface area contributed by atoms with Gasteiger partial charge in [-0.25, -0.2) is 9.59 Å². The highest BCUT2D eigenvalue weighted by molar-refractivity contribution is 5.96. The van der Waals surface area contributed by atoms with Crippen molar-refractivity contribution in [1.29, 1.82) is 0 Å². The van der Waals surface area contributed by atoms with Crippen LogP contribution >= 0.6 is 0 Å². The van der Waals surface area contributed by atoms with Crippen LogP contribution in [0.1, 0.15) is 80.3 Å². The minimum Gasteiger partial charge on any atom is -0.508 e. The Morgan fingerprint density at radius 1 is 0.828 bits per heavy atom. The van der Waals surface area contributed by atoms with E-state index in [0.717, 1.165) is 13.8 Å². The van der Waals surface area contributed by atoms with Crippen LogP contribution in [0.5, 0.6) is 5.75 Å². The van der Waals surface area contributed by atoms with Crippen molar-refractivity contribution >= 4 is 35.6 Å². The Morgan fingerprint density at radius 3 is 1.97 bits per heavy atom. The molecule has 3 aliphatic carbocycles. The summed E-state index contributed by atoms with van der Waals surface area (Å²) >= 11 is 0. The summed E-state index contributed by atoms with van der Waals surface area (Å²) in [5.41, 5.74) is -8.35. The van der Waals surface area contributed by atoms with Crippen molar-refractivity contribution in [3.05, 3.63) is 113 Å². The predicted octanol–water partition coefficient (Wildman–Crippen LogP) is 2.41. The largest absolute Gasteiger partial charge is 0.508 e. The van der Waals surface area contributed by atoms with Gasteiger partial charge in [0.15, 0.2) is 23.6 Å². The molecule has 0 unspecified atom stereocenters. The lowest BCUT2D eigenvalue weighted by atomic mass is 9.44. The highest BCUT2D eigenvalue weighted by Crippen LogP contribution is 2.64. The molecule has 6 N–H and O–H groups in total. The number of aromatic hydroxyl groups is 1. The number of aliphatic hydroxyl groups is 4. The lowest BCUT2D eigenvalue weighted by molar-refractivity contribution is -0.369. The number of ether oxygens (including phenoxy) is 5. The fourth-order valence-corrected chi connectivity index (χ4v) is 10.3. The van der Waals surface area contributed by atoms with E-state index in [4.69, 9.17) is 23.7 Å². The second kappa shape index (κ2) is 16.9. The molecule has 2 bridgehead atoms. The molecule has 1 saturated heterocycles. The number of carbonyl (C=O) groups excluding carboxylic acids is 6. The van der Waals surface area contributed by atoms with Crippen LogP contribution in [0.25, 0.3) is 0 Å². The average Bonchev–Trinajstić information content (AvgIpc) is 3.24. The van der Waals surface area contributed by atoms with Crippen LogP contribution < -0.4 is 5.32 Å². The molecule has 3 fully saturated rings. The summed E-state index contributed by atoms with van der Waals surface area (Å²) < 4.78 is 29.9. The quantitative estimate of drug-likeness (QED) is 0.0970. The predicted molar refractivity (Wildman–Crippen MR) is 221 cm³/mol. The molecule has 12 atom stereocenters. The van der Waals surface area contributed by atoms with Crippen LogP contribution in [-0.2, 0) is 42.9 Å². The second-order valence-electron chi connectivity index (χ2n) is 17.7. The van der Waals surface area contributed by atoms with E-state index >= 15 is 4.79 Å². The number of aliphatic hydroxyl groups excluding tert-OH is 3. The Kier molecular flexibility index (Phi) is 12.1. The molecule has 17 heteroatoms. The fraction of sp³-hybridized carbons (Fsp3) is 0.447. The zero-order chi connectivity index (χ0) is 46.7. The Hall–Kier alpha value is -5.98. The molecule has 3 aromatic carbocycles. The van der Waals surface area contributed by atoms with Gasteiger partial charge in [0.2, 0.25) is 0 Å². The summed E-state index contributed by atoms with van der Waals surface area (Å²) in [6, 6.07) is 19.4. The number of hydrogen-bond donors (Lipinski definition) is 6. The van der Waals surface area contributed by atoms with E-state index in [9.17, 15) is 49.5 Å². The van der Waals surface area contributed by atoms with Crippen molar-refractivity contribution in [3.8, 4) is 5.75 Å². The van der Waals surface area contributed by atoms with Crippen molar-refractivity contribution in [2.45, 2.75) is 108 Å². The summed E-state index contributed by atoms with van der Waals surface area (Å²) in [6.45, 7) is 7.27. The maximum atomic E-state index is 15.5. The SMILES string of the molecule is CC(=O)O[C@H]1C(=O)[C@@]2(C)[C@H]([C@H](OC(=O)c3ccccc3)[C@]3(O)C[C@H](OC(=O)[C@H](O)[C@@H](NC(=O)c4ccccc4)c4ccc(O)cc4)C(C)=C1C3(C)C)[C@]1(OC(C)=O)CO[C@@H]1[C@@H](O)[C@@H]2O. The third-order valence-electron chi connectivity index (χ3n) is 13.6. The number of Topliss-reactive ketones (excluding diaryl/α,β-unsaturated/α-hetero) is 1. The molecule has 64 heavy (non-hydrogen) atoms. The second-order valence-corrected chi connectivity index (χ2v) is 17.7. The van der Waals surface area contributed by atoms with Gasteiger partial charge in [-0.3, -0.25) is 19.2 Å². The topological polar surface area (TPSA) is 262 Å². The van der Waals surface area contributed by atoms with Gasteiger partial charge in [-0.15, -0.1) is 0 Å². The van der Waals surface area contributed by atoms with Crippen molar-refractivity contribution in [2.24, 2.45) is 16.7 Å². The molecule has 0 aromatic heterocycles. The molecular formula is C47H51NO16. The Labute approximate surface area is 367 Å². The third kappa shape index (κ3) is 7.44. The third-order valence-corrected chi connectivity index (χ3v) is 13.6. The highest BCUT2D eigenvalue weighted by Gasteiger charge is 2.80. The molecule has 1 amide bonds. The standard InChI is InChI=1S/C47H51NO16/c1-23-30(62-43(58)33(52)32(26-17-19-29(51)20-18-26)48-41(56)27-13-9-7-10-14-27)21-47(59)40(63-42(57)28-15-11-8-12-16-28)36-45(6,38(55)35(61-24(2)49)31(23)44(47,4)5)37(54)34(53)39-46(36,22-60-39)64-25(3)50/h7-20,30,32-37,39-40,51-54,59H,21-22H2,1-6H3,(H,48,56)/t30-,32-,33+,34-,35+,36-,37-,39+,40-,45-,46+,47+/m0/s1. The number of amides is 1. The van der Waals surface area contributed by atoms with Crippen LogP contribution in [-0.4, -0.2) is 122 Å². The van der Waals surface area contributed by atoms with Crippen molar-refractivity contribution in [1.82, 2.24) is 5.32 Å². The van der Waals surface area contributed by atoms with E-state index < -0.39 is 125 Å². The number of rotatable bonds is 10. The Bertz CT molecular complexity index is 2370. The molecule has 340 valence electrons. The zero-order valence-corrected chi connectivity index (χ0v) is 35.9. The molecule has 1 aliphatic heterocycles. The maximum Gasteiger partial charge on any atom is 0.338 e. The van der Waals surface area contributed by atoms with Gasteiger partial charge in [0.05, 0.1) is 35.6 Å². The summed E-state index contributed by atoms with van der Waals surface area (Å²) in [7, 11) is 0. The minimum absolute atomic E-state index is 0.00259. The molecule has 3 aromatic rings. The molecule has 4 aliphatic rings. The number of esters is 4. The molecule has 17 nitrogen and oxygen atoms in total. The van der Waals surface area contributed by atoms with E-state index in [1.54, 1.807) is 36.4 Å². The first-order chi connectivity index (χ1) is 30.1. The van der Waals surface area contributed by atoms with E-state index in [1.807, 2.05) is 0 Å². The number of phenolic OH excluding ortho intramolecular Hbond substituents is 1. The summed E-state index contributed by atoms with van der Waals surface area (Å²) in [6.07, 6.45) is -13.8. The van der Waals surface area contributed by atoms with Crippen molar-refractivity contribution < 1.29 is 78.0 Å². The fourth-order valence-electron chi connectivity index (χ4n) is 10.3. The van der Waals surface area contributed by atoms with Crippen LogP contribution in [0.4, 0.5) is 0 Å². The van der Waals surface area contributed by atoms with Crippen LogP contribution in [0.3, 0.4) is 0 Å². The van der Waals surface area contributed by atoms with Crippen LogP contribution in [0, 0.1) is 16.7 Å². The average molecular weight is 886 g/mol. The summed E-state index contributed by atoms with van der Waals surface area (Å²) in [5, 5.41) is 61.8. The smallest absolute Gasteiger partial charge is 0.338 e. The van der Waals surface area contributed by atoms with Gasteiger partial charge in [0.25, 0.3) is 5.91 Å². The minimum atomic E-state index is -2.51. The number of ketones is 1. The molecule has 7 rings (SSSR count). The first kappa shape index (κ1) is 46.0. The lowest BCUT2D eigenvalue weighted by Gasteiger charge is -2.68. The number of nitrogens with one attached hydrogen (secondary N) is 1. The highest BCUT2D eigenvalue weighted by atomic mass is 16.6. The first-order valence-electron chi connectivity index (χ1n) is 20.7. The number of phenols is 1. The van der Waals surface area contributed by atoms with Gasteiger partial charge >= 0.3 is 23.9 Å².